The second kappa shape index (κ2) is 9.35. The summed E-state index contributed by atoms with van der Waals surface area (Å²) >= 11 is 0. The Morgan fingerprint density at radius 1 is 1.28 bits per heavy atom. The lowest BCUT2D eigenvalue weighted by Crippen LogP contribution is -2.50. The van der Waals surface area contributed by atoms with E-state index in [9.17, 15) is 19.4 Å². The topological polar surface area (TPSA) is 88.0 Å². The number of aliphatic hydroxyl groups excluding tert-OH is 2. The van der Waals surface area contributed by atoms with Crippen molar-refractivity contribution in [1.82, 2.24) is 5.32 Å². The highest BCUT2D eigenvalue weighted by Crippen LogP contribution is 2.31. The first kappa shape index (κ1) is 21.2. The molecule has 1 aliphatic heterocycles. The van der Waals surface area contributed by atoms with Gasteiger partial charge in [-0.3, -0.25) is 4.79 Å². The Labute approximate surface area is 169 Å². The zero-order valence-electron chi connectivity index (χ0n) is 16.5. The van der Waals surface area contributed by atoms with Crippen LogP contribution in [0.2, 0.25) is 0 Å². The average Bonchev–Trinajstić information content (AvgIpc) is 2.66. The van der Waals surface area contributed by atoms with Gasteiger partial charge in [-0.2, -0.15) is 0 Å². The van der Waals surface area contributed by atoms with Crippen molar-refractivity contribution in [3.05, 3.63) is 53.8 Å². The van der Waals surface area contributed by atoms with Crippen LogP contribution < -0.4 is 10.1 Å². The fourth-order valence-electron chi connectivity index (χ4n) is 3.40. The lowest BCUT2D eigenvalue weighted by atomic mass is 9.97. The van der Waals surface area contributed by atoms with Crippen molar-refractivity contribution in [3.8, 4) is 16.9 Å². The summed E-state index contributed by atoms with van der Waals surface area (Å²) in [6.45, 7) is 3.70. The number of halogens is 1. The molecule has 0 saturated carbocycles. The molecule has 2 aromatic rings. The summed E-state index contributed by atoms with van der Waals surface area (Å²) in [4.78, 5) is 11.2. The summed E-state index contributed by atoms with van der Waals surface area (Å²) in [6, 6.07) is 11.5. The average molecular weight is 403 g/mol. The van der Waals surface area contributed by atoms with Crippen molar-refractivity contribution in [2.45, 2.75) is 51.3 Å². The summed E-state index contributed by atoms with van der Waals surface area (Å²) in [7, 11) is 0. The van der Waals surface area contributed by atoms with Crippen LogP contribution in [0.3, 0.4) is 0 Å². The van der Waals surface area contributed by atoms with Crippen LogP contribution in [0, 0.1) is 5.82 Å². The number of amides is 1. The molecule has 0 unspecified atom stereocenters. The highest BCUT2D eigenvalue weighted by Gasteiger charge is 2.36. The number of carbonyl (C=O) groups excluding carboxylic acids is 1. The van der Waals surface area contributed by atoms with Crippen molar-refractivity contribution in [2.75, 3.05) is 6.54 Å². The molecule has 6 nitrogen and oxygen atoms in total. The highest BCUT2D eigenvalue weighted by molar-refractivity contribution is 5.73. The smallest absolute Gasteiger partial charge is 0.228 e. The fourth-order valence-corrected chi connectivity index (χ4v) is 3.40. The number of aliphatic hydroxyl groups is 2. The molecular formula is C22H26FNO5. The largest absolute Gasteiger partial charge is 0.462 e. The molecule has 0 radical (unpaired) electrons. The van der Waals surface area contributed by atoms with Crippen LogP contribution in [0.25, 0.3) is 11.1 Å². The van der Waals surface area contributed by atoms with E-state index in [2.05, 4.69) is 5.32 Å². The molecule has 0 aliphatic carbocycles. The second-order valence-electron chi connectivity index (χ2n) is 7.29. The maximum Gasteiger partial charge on any atom is 0.228 e. The van der Waals surface area contributed by atoms with Crippen LogP contribution in [-0.2, 0) is 16.0 Å². The van der Waals surface area contributed by atoms with E-state index < -0.39 is 18.5 Å². The lowest BCUT2D eigenvalue weighted by molar-refractivity contribution is -0.231. The monoisotopic (exact) mass is 403 g/mol. The first-order chi connectivity index (χ1) is 13.8. The van der Waals surface area contributed by atoms with Crippen molar-refractivity contribution < 1.29 is 28.9 Å². The summed E-state index contributed by atoms with van der Waals surface area (Å²) < 4.78 is 25.2. The molecule has 1 fully saturated rings. The minimum Gasteiger partial charge on any atom is -0.462 e. The van der Waals surface area contributed by atoms with Gasteiger partial charge in [0.1, 0.15) is 17.7 Å². The molecule has 0 aromatic heterocycles. The number of carbonyl (C=O) groups is 1. The Hall–Kier alpha value is -2.48. The number of rotatable bonds is 6. The molecule has 7 heteroatoms. The van der Waals surface area contributed by atoms with Gasteiger partial charge in [-0.1, -0.05) is 18.2 Å². The van der Waals surface area contributed by atoms with E-state index >= 15 is 0 Å². The second-order valence-corrected chi connectivity index (χ2v) is 7.29. The minimum absolute atomic E-state index is 0.117. The van der Waals surface area contributed by atoms with Gasteiger partial charge in [-0.25, -0.2) is 4.39 Å². The standard InChI is InChI=1S/C22H26FNO5/c1-13-10-20(26)21(27)22(28-13)29-18-7-6-15(8-9-24-14(2)25)19(12-18)16-4-3-5-17(23)11-16/h3-7,11-13,20-22,26-27H,8-10H2,1-2H3,(H,24,25)/t13-,20+,21+,22-/m1/s1. The lowest BCUT2D eigenvalue weighted by Gasteiger charge is -2.35. The zero-order valence-corrected chi connectivity index (χ0v) is 16.5. The van der Waals surface area contributed by atoms with Crippen molar-refractivity contribution in [3.63, 3.8) is 0 Å². The molecule has 0 bridgehead atoms. The molecule has 1 amide bonds. The predicted molar refractivity (Wildman–Crippen MR) is 106 cm³/mol. The SMILES string of the molecule is CC(=O)NCCc1ccc(O[C@H]2O[C@H](C)C[C@H](O)[C@@H]2O)cc1-c1cccc(F)c1. The van der Waals surface area contributed by atoms with Crippen LogP contribution in [0.1, 0.15) is 25.8 Å². The molecule has 3 rings (SSSR count). The molecule has 2 aromatic carbocycles. The van der Waals surface area contributed by atoms with E-state index in [0.717, 1.165) is 11.1 Å². The van der Waals surface area contributed by atoms with E-state index in [-0.39, 0.29) is 17.8 Å². The van der Waals surface area contributed by atoms with Gasteiger partial charge < -0.3 is 25.0 Å². The van der Waals surface area contributed by atoms with Crippen LogP contribution in [0.4, 0.5) is 4.39 Å². The third-order valence-corrected chi connectivity index (χ3v) is 4.85. The van der Waals surface area contributed by atoms with Crippen molar-refractivity contribution in [1.29, 1.82) is 0 Å². The maximum absolute atomic E-state index is 13.8. The Kier molecular flexibility index (Phi) is 6.84. The summed E-state index contributed by atoms with van der Waals surface area (Å²) in [5, 5.41) is 22.9. The number of hydrogen-bond donors (Lipinski definition) is 3. The van der Waals surface area contributed by atoms with E-state index in [1.54, 1.807) is 31.2 Å². The van der Waals surface area contributed by atoms with E-state index in [1.807, 2.05) is 6.07 Å². The molecule has 29 heavy (non-hydrogen) atoms. The zero-order chi connectivity index (χ0) is 21.0. The third-order valence-electron chi connectivity index (χ3n) is 4.85. The Balaban J connectivity index is 1.87. The van der Waals surface area contributed by atoms with Gasteiger partial charge in [-0.05, 0) is 54.3 Å². The molecule has 1 saturated heterocycles. The Bertz CT molecular complexity index is 859. The third kappa shape index (κ3) is 5.53. The van der Waals surface area contributed by atoms with Crippen LogP contribution in [0.15, 0.2) is 42.5 Å². The van der Waals surface area contributed by atoms with Gasteiger partial charge in [0.25, 0.3) is 0 Å². The predicted octanol–water partition coefficient (Wildman–Crippen LogP) is 2.41. The minimum atomic E-state index is -1.16. The van der Waals surface area contributed by atoms with Gasteiger partial charge in [0.05, 0.1) is 12.2 Å². The molecule has 156 valence electrons. The number of ether oxygens (including phenoxy) is 2. The Morgan fingerprint density at radius 2 is 2.07 bits per heavy atom. The normalized spacial score (nSPS) is 24.2. The fraction of sp³-hybridized carbons (Fsp3) is 0.409. The summed E-state index contributed by atoms with van der Waals surface area (Å²) in [6.07, 6.45) is -2.45. The van der Waals surface area contributed by atoms with Gasteiger partial charge in [0.15, 0.2) is 0 Å². The highest BCUT2D eigenvalue weighted by atomic mass is 19.1. The first-order valence-electron chi connectivity index (χ1n) is 9.65. The summed E-state index contributed by atoms with van der Waals surface area (Å²) in [5.74, 6) is -0.0455. The van der Waals surface area contributed by atoms with E-state index in [0.29, 0.717) is 30.7 Å². The molecule has 4 atom stereocenters. The number of hydrogen-bond acceptors (Lipinski definition) is 5. The van der Waals surface area contributed by atoms with Crippen LogP contribution in [0.5, 0.6) is 5.75 Å². The van der Waals surface area contributed by atoms with Crippen molar-refractivity contribution in [2.24, 2.45) is 0 Å². The molecule has 3 N–H and O–H groups in total. The van der Waals surface area contributed by atoms with Crippen LogP contribution >= 0.6 is 0 Å². The van der Waals surface area contributed by atoms with Crippen LogP contribution in [-0.4, -0.2) is 47.3 Å². The van der Waals surface area contributed by atoms with Crippen molar-refractivity contribution >= 4 is 5.91 Å². The van der Waals surface area contributed by atoms with E-state index in [1.165, 1.54) is 19.1 Å². The number of benzene rings is 2. The summed E-state index contributed by atoms with van der Waals surface area (Å²) in [5.41, 5.74) is 2.34. The van der Waals surface area contributed by atoms with Gasteiger partial charge in [0.2, 0.25) is 12.2 Å². The Morgan fingerprint density at radius 3 is 2.79 bits per heavy atom. The maximum atomic E-state index is 13.8. The molecule has 1 aliphatic rings. The van der Waals surface area contributed by atoms with Gasteiger partial charge in [-0.15, -0.1) is 0 Å². The van der Waals surface area contributed by atoms with E-state index in [4.69, 9.17) is 9.47 Å². The van der Waals surface area contributed by atoms with Gasteiger partial charge in [0, 0.05) is 19.9 Å². The molecule has 0 spiro atoms. The molecule has 1 heterocycles. The first-order valence-corrected chi connectivity index (χ1v) is 9.65. The molecular weight excluding hydrogens is 377 g/mol. The number of nitrogens with one attached hydrogen (secondary N) is 1. The van der Waals surface area contributed by atoms with Gasteiger partial charge >= 0.3 is 0 Å². The quantitative estimate of drug-likeness (QED) is 0.690.